The Morgan fingerprint density at radius 3 is 2.17 bits per heavy atom. The lowest BCUT2D eigenvalue weighted by Gasteiger charge is -2.22. The highest BCUT2D eigenvalue weighted by Gasteiger charge is 2.26. The van der Waals surface area contributed by atoms with Gasteiger partial charge in [0.2, 0.25) is 10.0 Å². The van der Waals surface area contributed by atoms with Gasteiger partial charge in [-0.2, -0.15) is 4.31 Å². The first-order valence-corrected chi connectivity index (χ1v) is 11.6. The zero-order chi connectivity index (χ0) is 20.7. The smallest absolute Gasteiger partial charge is 0.243 e. The maximum atomic E-state index is 12.9. The number of aryl methyl sites for hydroxylation is 1. The molecule has 1 aliphatic rings. The van der Waals surface area contributed by atoms with Gasteiger partial charge in [-0.05, 0) is 63.2 Å². The summed E-state index contributed by atoms with van der Waals surface area (Å²) < 4.78 is 38.7. The van der Waals surface area contributed by atoms with Crippen molar-refractivity contribution in [2.75, 3.05) is 45.9 Å². The van der Waals surface area contributed by atoms with Crippen LogP contribution in [0.5, 0.6) is 11.5 Å². The Kier molecular flexibility index (Phi) is 7.52. The highest BCUT2D eigenvalue weighted by atomic mass is 32.2. The van der Waals surface area contributed by atoms with E-state index in [4.69, 9.17) is 9.47 Å². The predicted molar refractivity (Wildman–Crippen MR) is 114 cm³/mol. The van der Waals surface area contributed by atoms with E-state index in [-0.39, 0.29) is 0 Å². The zero-order valence-electron chi connectivity index (χ0n) is 17.2. The normalized spacial score (nSPS) is 16.3. The molecule has 1 fully saturated rings. The minimum absolute atomic E-state index is 0.371. The van der Waals surface area contributed by atoms with Gasteiger partial charge in [0.25, 0.3) is 0 Å². The van der Waals surface area contributed by atoms with Crippen LogP contribution in [0.15, 0.2) is 53.4 Å². The molecule has 29 heavy (non-hydrogen) atoms. The van der Waals surface area contributed by atoms with Crippen molar-refractivity contribution in [3.8, 4) is 11.5 Å². The van der Waals surface area contributed by atoms with Gasteiger partial charge in [-0.15, -0.1) is 0 Å². The number of sulfonamides is 1. The van der Waals surface area contributed by atoms with E-state index in [0.29, 0.717) is 37.7 Å². The van der Waals surface area contributed by atoms with E-state index in [1.54, 1.807) is 16.4 Å². The quantitative estimate of drug-likeness (QED) is 0.659. The van der Waals surface area contributed by atoms with Crippen molar-refractivity contribution in [3.05, 3.63) is 54.1 Å². The van der Waals surface area contributed by atoms with Gasteiger partial charge in [0.1, 0.15) is 18.1 Å². The summed E-state index contributed by atoms with van der Waals surface area (Å²) in [6.07, 6.45) is 0.814. The van der Waals surface area contributed by atoms with Crippen molar-refractivity contribution in [3.63, 3.8) is 0 Å². The average Bonchev–Trinajstić information content (AvgIpc) is 2.96. The maximum absolute atomic E-state index is 12.9. The predicted octanol–water partition coefficient (Wildman–Crippen LogP) is 3.17. The van der Waals surface area contributed by atoms with E-state index in [2.05, 4.69) is 4.90 Å². The summed E-state index contributed by atoms with van der Waals surface area (Å²) in [6.45, 7) is 8.51. The van der Waals surface area contributed by atoms with Crippen LogP contribution in [0.3, 0.4) is 0 Å². The zero-order valence-corrected chi connectivity index (χ0v) is 18.0. The summed E-state index contributed by atoms with van der Waals surface area (Å²) >= 11 is 0. The van der Waals surface area contributed by atoms with Gasteiger partial charge >= 0.3 is 0 Å². The number of rotatable bonds is 8. The molecule has 0 bridgehead atoms. The summed E-state index contributed by atoms with van der Waals surface area (Å²) in [4.78, 5) is 2.63. The van der Waals surface area contributed by atoms with Crippen molar-refractivity contribution < 1.29 is 17.9 Å². The Morgan fingerprint density at radius 2 is 1.52 bits per heavy atom. The molecule has 1 aliphatic heterocycles. The second-order valence-electron chi connectivity index (χ2n) is 7.17. The van der Waals surface area contributed by atoms with Crippen LogP contribution >= 0.6 is 0 Å². The lowest BCUT2D eigenvalue weighted by Crippen LogP contribution is -2.36. The third-order valence-electron chi connectivity index (χ3n) is 5.02. The summed E-state index contributed by atoms with van der Waals surface area (Å²) in [6, 6.07) is 14.7. The lowest BCUT2D eigenvalue weighted by molar-refractivity contribution is 0.215. The molecule has 0 saturated carbocycles. The summed E-state index contributed by atoms with van der Waals surface area (Å²) in [7, 11) is -3.43. The van der Waals surface area contributed by atoms with Crippen LogP contribution in [0.4, 0.5) is 0 Å². The molecule has 0 aliphatic carbocycles. The van der Waals surface area contributed by atoms with E-state index in [0.717, 1.165) is 36.6 Å². The van der Waals surface area contributed by atoms with Crippen molar-refractivity contribution in [1.29, 1.82) is 0 Å². The summed E-state index contributed by atoms with van der Waals surface area (Å²) in [5, 5.41) is 0. The molecule has 7 heteroatoms. The molecule has 0 aromatic heterocycles. The fourth-order valence-electron chi connectivity index (χ4n) is 3.36. The van der Waals surface area contributed by atoms with Crippen molar-refractivity contribution in [2.24, 2.45) is 0 Å². The number of ether oxygens (including phenoxy) is 2. The van der Waals surface area contributed by atoms with E-state index >= 15 is 0 Å². The molecule has 1 saturated heterocycles. The Hall–Kier alpha value is -2.09. The van der Waals surface area contributed by atoms with Gasteiger partial charge in [0.15, 0.2) is 0 Å². The minimum Gasteiger partial charge on any atom is -0.494 e. The van der Waals surface area contributed by atoms with E-state index in [1.165, 1.54) is 0 Å². The van der Waals surface area contributed by atoms with Crippen LogP contribution in [-0.4, -0.2) is 63.6 Å². The monoisotopic (exact) mass is 418 g/mol. The minimum atomic E-state index is -3.43. The van der Waals surface area contributed by atoms with Crippen LogP contribution in [-0.2, 0) is 10.0 Å². The molecule has 0 amide bonds. The Labute approximate surface area is 174 Å². The Morgan fingerprint density at radius 1 is 0.862 bits per heavy atom. The van der Waals surface area contributed by atoms with Gasteiger partial charge in [0, 0.05) is 26.2 Å². The van der Waals surface area contributed by atoms with Crippen molar-refractivity contribution in [2.45, 2.75) is 25.2 Å². The first kappa shape index (κ1) is 21.6. The molecule has 1 heterocycles. The molecule has 2 aromatic rings. The van der Waals surface area contributed by atoms with Crippen molar-refractivity contribution in [1.82, 2.24) is 9.21 Å². The number of nitrogens with zero attached hydrogens (tertiary/aromatic N) is 2. The highest BCUT2D eigenvalue weighted by Crippen LogP contribution is 2.19. The molecule has 158 valence electrons. The largest absolute Gasteiger partial charge is 0.494 e. The van der Waals surface area contributed by atoms with Crippen LogP contribution in [0.1, 0.15) is 18.9 Å². The third-order valence-corrected chi connectivity index (χ3v) is 6.93. The first-order chi connectivity index (χ1) is 14.0. The van der Waals surface area contributed by atoms with Gasteiger partial charge in [-0.3, -0.25) is 4.90 Å². The van der Waals surface area contributed by atoms with Gasteiger partial charge in [-0.1, -0.05) is 17.7 Å². The molecular weight excluding hydrogens is 388 g/mol. The molecular formula is C22H30N2O4S. The number of hydrogen-bond donors (Lipinski definition) is 0. The summed E-state index contributed by atoms with van der Waals surface area (Å²) in [5.41, 5.74) is 1.05. The van der Waals surface area contributed by atoms with Gasteiger partial charge < -0.3 is 9.47 Å². The second kappa shape index (κ2) is 10.1. The molecule has 0 N–H and O–H groups in total. The highest BCUT2D eigenvalue weighted by molar-refractivity contribution is 7.89. The fraction of sp³-hybridized carbons (Fsp3) is 0.455. The van der Waals surface area contributed by atoms with Crippen LogP contribution in [0.2, 0.25) is 0 Å². The van der Waals surface area contributed by atoms with Gasteiger partial charge in [-0.25, -0.2) is 8.42 Å². The third kappa shape index (κ3) is 5.95. The fourth-order valence-corrected chi connectivity index (χ4v) is 4.83. The first-order valence-electron chi connectivity index (χ1n) is 10.1. The number of hydrogen-bond acceptors (Lipinski definition) is 5. The molecule has 3 rings (SSSR count). The Balaban J connectivity index is 1.49. The molecule has 6 nitrogen and oxygen atoms in total. The molecule has 0 unspecified atom stereocenters. The Bertz CT molecular complexity index is 867. The van der Waals surface area contributed by atoms with Gasteiger partial charge in [0.05, 0.1) is 11.5 Å². The second-order valence-corrected chi connectivity index (χ2v) is 9.10. The van der Waals surface area contributed by atoms with E-state index < -0.39 is 10.0 Å². The molecule has 0 atom stereocenters. The lowest BCUT2D eigenvalue weighted by atomic mass is 10.2. The summed E-state index contributed by atoms with van der Waals surface area (Å²) in [5.74, 6) is 1.65. The molecule has 0 radical (unpaired) electrons. The van der Waals surface area contributed by atoms with Crippen LogP contribution in [0.25, 0.3) is 0 Å². The molecule has 0 spiro atoms. The molecule has 2 aromatic carbocycles. The van der Waals surface area contributed by atoms with Crippen molar-refractivity contribution >= 4 is 10.0 Å². The standard InChI is InChI=1S/C22H30N2O4S/c1-3-27-20-7-9-21(10-8-20)28-18-17-23-13-4-14-24(16-15-23)29(25,26)22-11-5-19(2)6-12-22/h5-12H,3-4,13-18H2,1-2H3. The van der Waals surface area contributed by atoms with Crippen LogP contribution < -0.4 is 9.47 Å². The number of benzene rings is 2. The van der Waals surface area contributed by atoms with E-state index in [9.17, 15) is 8.42 Å². The SMILES string of the molecule is CCOc1ccc(OCCN2CCCN(S(=O)(=O)c3ccc(C)cc3)CC2)cc1. The maximum Gasteiger partial charge on any atom is 0.243 e. The average molecular weight is 419 g/mol. The topological polar surface area (TPSA) is 59.1 Å². The van der Waals surface area contributed by atoms with Crippen LogP contribution in [0, 0.1) is 6.92 Å². The van der Waals surface area contributed by atoms with E-state index in [1.807, 2.05) is 50.2 Å².